The molecule has 0 fully saturated rings. The number of aromatic nitrogens is 1. The fraction of sp³-hybridized carbons (Fsp3) is 0.0526. The Morgan fingerprint density at radius 3 is 1.66 bits per heavy atom. The lowest BCUT2D eigenvalue weighted by molar-refractivity contribution is 0.256. The number of para-hydroxylation sites is 1. The van der Waals surface area contributed by atoms with Crippen LogP contribution in [0.3, 0.4) is 0 Å². The summed E-state index contributed by atoms with van der Waals surface area (Å²) in [5.74, 6) is 1.15. The standard InChI is InChI=1S/C38H29NOSi/c1-5-15-28(16-6-1)39-35-26-25-32(27-34(35)37-33-23-13-14-24-36(33)40-38(37)39)41(29-17-7-2-8-18-29,30-19-9-3-10-20-30)31-21-11-4-12-22-31/h1-27,33,36H. The van der Waals surface area contributed by atoms with Gasteiger partial charge >= 0.3 is 0 Å². The molecule has 0 bridgehead atoms. The number of allylic oxidation sites excluding steroid dienone is 2. The van der Waals surface area contributed by atoms with E-state index < -0.39 is 8.07 Å². The minimum Gasteiger partial charge on any atom is -0.470 e. The summed E-state index contributed by atoms with van der Waals surface area (Å²) in [6, 6.07) is 51.2. The van der Waals surface area contributed by atoms with Gasteiger partial charge in [0.1, 0.15) is 6.10 Å². The molecule has 8 rings (SSSR count). The smallest absolute Gasteiger partial charge is 0.203 e. The number of fused-ring (bicyclic) bond motifs is 5. The first-order valence-electron chi connectivity index (χ1n) is 14.3. The van der Waals surface area contributed by atoms with Crippen molar-refractivity contribution in [3.05, 3.63) is 169 Å². The molecule has 0 N–H and O–H groups in total. The Morgan fingerprint density at radius 1 is 0.537 bits per heavy atom. The Morgan fingerprint density at radius 2 is 1.07 bits per heavy atom. The highest BCUT2D eigenvalue weighted by molar-refractivity contribution is 7.20. The van der Waals surface area contributed by atoms with Crippen molar-refractivity contribution >= 4 is 39.7 Å². The Hall–Kier alpha value is -4.86. The normalized spacial score (nSPS) is 17.3. The second-order valence-corrected chi connectivity index (χ2v) is 14.7. The van der Waals surface area contributed by atoms with Crippen molar-refractivity contribution in [2.24, 2.45) is 0 Å². The van der Waals surface area contributed by atoms with Crippen molar-refractivity contribution in [2.45, 2.75) is 12.0 Å². The van der Waals surface area contributed by atoms with Crippen LogP contribution >= 0.6 is 0 Å². The van der Waals surface area contributed by atoms with Gasteiger partial charge in [-0.25, -0.2) is 0 Å². The van der Waals surface area contributed by atoms with E-state index >= 15 is 0 Å². The maximum atomic E-state index is 6.70. The van der Waals surface area contributed by atoms with Gasteiger partial charge < -0.3 is 4.74 Å². The third-order valence-corrected chi connectivity index (χ3v) is 13.5. The number of rotatable bonds is 5. The average Bonchev–Trinajstić information content (AvgIpc) is 3.58. The molecule has 5 aromatic carbocycles. The number of nitrogens with zero attached hydrogens (tertiary/aromatic N) is 1. The van der Waals surface area contributed by atoms with Gasteiger partial charge in [0.15, 0.2) is 8.07 Å². The number of hydrogen-bond donors (Lipinski definition) is 0. The first-order valence-corrected chi connectivity index (χ1v) is 16.3. The molecule has 0 amide bonds. The quantitative estimate of drug-likeness (QED) is 0.193. The molecule has 0 spiro atoms. The van der Waals surface area contributed by atoms with Crippen LogP contribution in [0, 0.1) is 0 Å². The Balaban J connectivity index is 1.47. The molecular formula is C38H29NOSi. The highest BCUT2D eigenvalue weighted by Crippen LogP contribution is 2.48. The largest absolute Gasteiger partial charge is 0.470 e. The zero-order valence-electron chi connectivity index (χ0n) is 22.6. The molecule has 0 radical (unpaired) electrons. The lowest BCUT2D eigenvalue weighted by Gasteiger charge is -2.34. The van der Waals surface area contributed by atoms with E-state index in [2.05, 4.69) is 168 Å². The van der Waals surface area contributed by atoms with Gasteiger partial charge in [0.25, 0.3) is 0 Å². The molecule has 2 unspecified atom stereocenters. The van der Waals surface area contributed by atoms with Gasteiger partial charge in [0.2, 0.25) is 5.88 Å². The zero-order chi connectivity index (χ0) is 27.2. The van der Waals surface area contributed by atoms with Crippen LogP contribution in [-0.4, -0.2) is 18.7 Å². The van der Waals surface area contributed by atoms with Crippen molar-refractivity contribution in [3.63, 3.8) is 0 Å². The molecule has 1 aliphatic heterocycles. The van der Waals surface area contributed by atoms with E-state index in [4.69, 9.17) is 4.74 Å². The predicted octanol–water partition coefficient (Wildman–Crippen LogP) is 5.98. The summed E-state index contributed by atoms with van der Waals surface area (Å²) in [4.78, 5) is 0. The van der Waals surface area contributed by atoms with E-state index in [0.29, 0.717) is 0 Å². The fourth-order valence-electron chi connectivity index (χ4n) is 6.95. The van der Waals surface area contributed by atoms with Gasteiger partial charge in [-0.15, -0.1) is 0 Å². The van der Waals surface area contributed by atoms with Gasteiger partial charge in [0.05, 0.1) is 5.52 Å². The summed E-state index contributed by atoms with van der Waals surface area (Å²) < 4.78 is 9.01. The van der Waals surface area contributed by atoms with Gasteiger partial charge in [0, 0.05) is 22.6 Å². The third kappa shape index (κ3) is 3.63. The number of hydrogen-bond acceptors (Lipinski definition) is 1. The van der Waals surface area contributed by atoms with Crippen molar-refractivity contribution in [2.75, 3.05) is 0 Å². The molecule has 6 aromatic rings. The monoisotopic (exact) mass is 543 g/mol. The predicted molar refractivity (Wildman–Crippen MR) is 172 cm³/mol. The highest BCUT2D eigenvalue weighted by atomic mass is 28.3. The topological polar surface area (TPSA) is 14.2 Å². The van der Waals surface area contributed by atoms with Crippen LogP contribution in [0.4, 0.5) is 0 Å². The van der Waals surface area contributed by atoms with Crippen molar-refractivity contribution in [1.82, 2.24) is 4.57 Å². The maximum Gasteiger partial charge on any atom is 0.203 e. The second kappa shape index (κ2) is 9.65. The minimum atomic E-state index is -2.65. The van der Waals surface area contributed by atoms with Crippen LogP contribution < -0.4 is 25.5 Å². The third-order valence-electron chi connectivity index (χ3n) is 8.69. The van der Waals surface area contributed by atoms with Crippen LogP contribution in [0.2, 0.25) is 0 Å². The molecule has 1 aromatic heterocycles. The van der Waals surface area contributed by atoms with E-state index in [0.717, 1.165) is 11.6 Å². The Labute approximate surface area is 241 Å². The number of benzene rings is 5. The maximum absolute atomic E-state index is 6.70. The van der Waals surface area contributed by atoms with Gasteiger partial charge in [-0.1, -0.05) is 140 Å². The molecule has 196 valence electrons. The molecular weight excluding hydrogens is 515 g/mol. The molecule has 0 saturated carbocycles. The van der Waals surface area contributed by atoms with E-state index in [1.165, 1.54) is 37.2 Å². The van der Waals surface area contributed by atoms with Crippen molar-refractivity contribution < 1.29 is 4.74 Å². The first-order chi connectivity index (χ1) is 20.4. The number of ether oxygens (including phenoxy) is 1. The van der Waals surface area contributed by atoms with Crippen molar-refractivity contribution in [1.29, 1.82) is 0 Å². The minimum absolute atomic E-state index is 0.0207. The van der Waals surface area contributed by atoms with E-state index in [-0.39, 0.29) is 12.0 Å². The summed E-state index contributed by atoms with van der Waals surface area (Å²) in [6.07, 6.45) is 8.77. The Bertz CT molecular complexity index is 1810. The summed E-state index contributed by atoms with van der Waals surface area (Å²) in [5.41, 5.74) is 3.59. The molecule has 3 heteroatoms. The first kappa shape index (κ1) is 24.0. The average molecular weight is 544 g/mol. The second-order valence-electron chi connectivity index (χ2n) is 10.8. The zero-order valence-corrected chi connectivity index (χ0v) is 23.6. The summed E-state index contributed by atoms with van der Waals surface area (Å²) in [6.45, 7) is 0. The lowest BCUT2D eigenvalue weighted by Crippen LogP contribution is -2.74. The van der Waals surface area contributed by atoms with E-state index in [9.17, 15) is 0 Å². The fourth-order valence-corrected chi connectivity index (χ4v) is 11.7. The summed E-state index contributed by atoms with van der Waals surface area (Å²) >= 11 is 0. The van der Waals surface area contributed by atoms with Gasteiger partial charge in [-0.05, 0) is 45.0 Å². The van der Waals surface area contributed by atoms with E-state index in [1.807, 2.05) is 0 Å². The SMILES string of the molecule is C1=CC2Oc3c(c4cc([Si](c5ccccc5)(c5ccccc5)c5ccccc5)ccc4n3-c3ccccc3)C2C=C1. The van der Waals surface area contributed by atoms with Crippen LogP contribution in [-0.2, 0) is 0 Å². The Kier molecular flexibility index (Phi) is 5.64. The van der Waals surface area contributed by atoms with Gasteiger partial charge in [-0.2, -0.15) is 0 Å². The lowest BCUT2D eigenvalue weighted by atomic mass is 9.91. The van der Waals surface area contributed by atoms with Crippen LogP contribution in [0.15, 0.2) is 164 Å². The molecule has 41 heavy (non-hydrogen) atoms. The molecule has 1 aliphatic carbocycles. The molecule has 0 saturated heterocycles. The highest BCUT2D eigenvalue weighted by Gasteiger charge is 2.43. The van der Waals surface area contributed by atoms with Gasteiger partial charge in [-0.3, -0.25) is 4.57 Å². The molecule has 2 nitrogen and oxygen atoms in total. The summed E-state index contributed by atoms with van der Waals surface area (Å²) in [5, 5.41) is 6.79. The molecule has 2 aliphatic rings. The van der Waals surface area contributed by atoms with Crippen LogP contribution in [0.1, 0.15) is 11.5 Å². The summed E-state index contributed by atoms with van der Waals surface area (Å²) in [7, 11) is -2.65. The molecule has 2 heterocycles. The van der Waals surface area contributed by atoms with Crippen LogP contribution in [0.25, 0.3) is 16.6 Å². The molecule has 2 atom stereocenters. The van der Waals surface area contributed by atoms with E-state index in [1.54, 1.807) is 0 Å². The van der Waals surface area contributed by atoms with Crippen LogP contribution in [0.5, 0.6) is 5.88 Å². The van der Waals surface area contributed by atoms with Crippen molar-refractivity contribution in [3.8, 4) is 11.6 Å².